The summed E-state index contributed by atoms with van der Waals surface area (Å²) < 4.78 is 8.26. The first-order valence-corrected chi connectivity index (χ1v) is 12.3. The van der Waals surface area contributed by atoms with Crippen LogP contribution in [0, 0.1) is 6.92 Å². The number of aryl methyl sites for hydroxylation is 1. The summed E-state index contributed by atoms with van der Waals surface area (Å²) in [6, 6.07) is 15.8. The molecule has 2 aromatic carbocycles. The Morgan fingerprint density at radius 3 is 2.68 bits per heavy atom. The van der Waals surface area contributed by atoms with Gasteiger partial charge in [-0.1, -0.05) is 59.8 Å². The Labute approximate surface area is 195 Å². The molecule has 4 rings (SSSR count). The zero-order valence-electron chi connectivity index (χ0n) is 17.6. The first kappa shape index (κ1) is 21.9. The van der Waals surface area contributed by atoms with E-state index in [1.165, 1.54) is 0 Å². The highest BCUT2D eigenvalue weighted by Crippen LogP contribution is 2.32. The van der Waals surface area contributed by atoms with Gasteiger partial charge in [0, 0.05) is 23.2 Å². The number of benzene rings is 2. The Hall–Kier alpha value is -2.35. The summed E-state index contributed by atoms with van der Waals surface area (Å²) in [5.74, 6) is 2.40. The Balaban J connectivity index is 1.46. The van der Waals surface area contributed by atoms with Crippen LogP contribution in [-0.2, 0) is 12.3 Å². The molecule has 0 aliphatic heterocycles. The fourth-order valence-electron chi connectivity index (χ4n) is 3.21. The lowest BCUT2D eigenvalue weighted by Crippen LogP contribution is -2.12. The van der Waals surface area contributed by atoms with E-state index in [-0.39, 0.29) is 6.10 Å². The quantitative estimate of drug-likeness (QED) is 0.264. The summed E-state index contributed by atoms with van der Waals surface area (Å²) >= 11 is 9.54. The van der Waals surface area contributed by atoms with E-state index in [9.17, 15) is 0 Å². The van der Waals surface area contributed by atoms with Crippen LogP contribution in [0.4, 0.5) is 0 Å². The van der Waals surface area contributed by atoms with Crippen LogP contribution in [0.3, 0.4) is 0 Å². The average Bonchev–Trinajstić information content (AvgIpc) is 3.41. The van der Waals surface area contributed by atoms with Crippen LogP contribution in [0.15, 0.2) is 59.1 Å². The molecular formula is C23H23ClN4OS2. The first-order chi connectivity index (χ1) is 15.1. The molecule has 0 radical (unpaired) electrons. The highest BCUT2D eigenvalue weighted by atomic mass is 35.5. The van der Waals surface area contributed by atoms with Gasteiger partial charge in [-0.05, 0) is 38.5 Å². The van der Waals surface area contributed by atoms with Crippen LogP contribution >= 0.6 is 34.7 Å². The van der Waals surface area contributed by atoms with E-state index in [0.29, 0.717) is 10.8 Å². The third-order valence-corrected chi connectivity index (χ3v) is 7.08. The molecule has 0 aliphatic carbocycles. The van der Waals surface area contributed by atoms with Crippen molar-refractivity contribution in [3.8, 4) is 16.3 Å². The fourth-order valence-corrected chi connectivity index (χ4v) is 5.35. The van der Waals surface area contributed by atoms with Crippen molar-refractivity contribution in [2.24, 2.45) is 0 Å². The molecule has 31 heavy (non-hydrogen) atoms. The van der Waals surface area contributed by atoms with Gasteiger partial charge in [0.15, 0.2) is 17.1 Å². The summed E-state index contributed by atoms with van der Waals surface area (Å²) in [5.41, 5.74) is 3.07. The molecule has 0 spiro atoms. The van der Waals surface area contributed by atoms with Gasteiger partial charge in [-0.3, -0.25) is 0 Å². The second kappa shape index (κ2) is 9.85. The molecule has 0 saturated heterocycles. The molecule has 160 valence electrons. The summed E-state index contributed by atoms with van der Waals surface area (Å²) in [7, 11) is 0. The molecule has 1 unspecified atom stereocenters. The van der Waals surface area contributed by atoms with E-state index < -0.39 is 0 Å². The maximum absolute atomic E-state index is 6.31. The van der Waals surface area contributed by atoms with Gasteiger partial charge in [-0.25, -0.2) is 4.98 Å². The number of nitrogens with zero attached hydrogens (tertiary/aromatic N) is 4. The molecule has 0 saturated carbocycles. The van der Waals surface area contributed by atoms with Gasteiger partial charge in [0.05, 0.1) is 10.7 Å². The number of hydrogen-bond acceptors (Lipinski definition) is 6. The van der Waals surface area contributed by atoms with Crippen LogP contribution in [0.2, 0.25) is 5.02 Å². The topological polar surface area (TPSA) is 52.8 Å². The van der Waals surface area contributed by atoms with E-state index in [0.717, 1.165) is 45.1 Å². The van der Waals surface area contributed by atoms with Crippen LogP contribution in [0.1, 0.15) is 37.0 Å². The Kier molecular flexibility index (Phi) is 6.95. The molecule has 0 bridgehead atoms. The smallest absolute Gasteiger partial charge is 0.191 e. The molecule has 0 N–H and O–H groups in total. The zero-order chi connectivity index (χ0) is 21.8. The number of hydrogen-bond donors (Lipinski definition) is 0. The lowest BCUT2D eigenvalue weighted by molar-refractivity contribution is 0.208. The van der Waals surface area contributed by atoms with E-state index in [4.69, 9.17) is 21.3 Å². The number of halogens is 1. The molecule has 0 amide bonds. The minimum Gasteiger partial charge on any atom is -0.482 e. The van der Waals surface area contributed by atoms with Gasteiger partial charge in [-0.2, -0.15) is 0 Å². The van der Waals surface area contributed by atoms with Crippen LogP contribution in [-0.4, -0.2) is 19.7 Å². The summed E-state index contributed by atoms with van der Waals surface area (Å²) in [6.07, 6.45) is -0.200. The summed E-state index contributed by atoms with van der Waals surface area (Å²) in [4.78, 5) is 4.75. The minimum atomic E-state index is -0.200. The van der Waals surface area contributed by atoms with Crippen molar-refractivity contribution in [1.29, 1.82) is 0 Å². The van der Waals surface area contributed by atoms with E-state index >= 15 is 0 Å². The van der Waals surface area contributed by atoms with Gasteiger partial charge in [-0.15, -0.1) is 21.5 Å². The highest BCUT2D eigenvalue weighted by molar-refractivity contribution is 7.98. The van der Waals surface area contributed by atoms with Gasteiger partial charge < -0.3 is 9.30 Å². The Morgan fingerprint density at radius 1 is 1.13 bits per heavy atom. The third kappa shape index (κ3) is 4.95. The van der Waals surface area contributed by atoms with Crippen molar-refractivity contribution in [3.63, 3.8) is 0 Å². The number of thioether (sulfide) groups is 1. The lowest BCUT2D eigenvalue weighted by Gasteiger charge is -2.16. The van der Waals surface area contributed by atoms with Gasteiger partial charge in [0.2, 0.25) is 0 Å². The maximum Gasteiger partial charge on any atom is 0.191 e. The molecule has 2 aromatic heterocycles. The molecule has 2 heterocycles. The highest BCUT2D eigenvalue weighted by Gasteiger charge is 2.19. The van der Waals surface area contributed by atoms with Crippen molar-refractivity contribution in [1.82, 2.24) is 19.7 Å². The van der Waals surface area contributed by atoms with Crippen molar-refractivity contribution in [2.75, 3.05) is 0 Å². The minimum absolute atomic E-state index is 0.200. The lowest BCUT2D eigenvalue weighted by atomic mass is 10.2. The summed E-state index contributed by atoms with van der Waals surface area (Å²) in [5, 5.41) is 13.4. The predicted octanol–water partition coefficient (Wildman–Crippen LogP) is 6.82. The van der Waals surface area contributed by atoms with E-state index in [1.807, 2.05) is 62.4 Å². The first-order valence-electron chi connectivity index (χ1n) is 10.0. The molecule has 5 nitrogen and oxygen atoms in total. The average molecular weight is 471 g/mol. The van der Waals surface area contributed by atoms with Crippen molar-refractivity contribution in [3.05, 3.63) is 76.0 Å². The number of aromatic nitrogens is 4. The monoisotopic (exact) mass is 470 g/mol. The van der Waals surface area contributed by atoms with Crippen molar-refractivity contribution in [2.45, 2.75) is 44.3 Å². The second-order valence-electron chi connectivity index (χ2n) is 7.02. The normalized spacial score (nSPS) is 12.1. The largest absolute Gasteiger partial charge is 0.482 e. The van der Waals surface area contributed by atoms with Crippen molar-refractivity contribution >= 4 is 34.7 Å². The molecule has 4 aromatic rings. The van der Waals surface area contributed by atoms with Gasteiger partial charge in [0.1, 0.15) is 10.8 Å². The number of rotatable bonds is 8. The number of thiazole rings is 1. The molecule has 0 aliphatic rings. The van der Waals surface area contributed by atoms with Crippen LogP contribution in [0.5, 0.6) is 5.75 Å². The fraction of sp³-hybridized carbons (Fsp3) is 0.261. The van der Waals surface area contributed by atoms with E-state index in [1.54, 1.807) is 23.1 Å². The standard InChI is InChI=1S/C23H23ClN4OS2/c1-4-28-21(16(3)29-20-12-8-5-9-15(20)2)26-27-23(28)31-14-17-13-30-22(25-17)18-10-6-7-11-19(18)24/h5-13,16H,4,14H2,1-3H3. The zero-order valence-corrected chi connectivity index (χ0v) is 20.0. The van der Waals surface area contributed by atoms with Crippen LogP contribution in [0.25, 0.3) is 10.6 Å². The van der Waals surface area contributed by atoms with Crippen molar-refractivity contribution < 1.29 is 4.74 Å². The second-order valence-corrected chi connectivity index (χ2v) is 9.23. The predicted molar refractivity (Wildman–Crippen MR) is 128 cm³/mol. The number of ether oxygens (including phenoxy) is 1. The number of para-hydroxylation sites is 1. The maximum atomic E-state index is 6.31. The third-order valence-electron chi connectivity index (χ3n) is 4.83. The molecule has 8 heteroatoms. The molecular weight excluding hydrogens is 448 g/mol. The van der Waals surface area contributed by atoms with Gasteiger partial charge >= 0.3 is 0 Å². The molecule has 0 fully saturated rings. The van der Waals surface area contributed by atoms with Gasteiger partial charge in [0.25, 0.3) is 0 Å². The SMILES string of the molecule is CCn1c(SCc2csc(-c3ccccc3Cl)n2)nnc1C(C)Oc1ccccc1C. The van der Waals surface area contributed by atoms with E-state index in [2.05, 4.69) is 27.1 Å². The molecule has 1 atom stereocenters. The Bertz CT molecular complexity index is 1170. The summed E-state index contributed by atoms with van der Waals surface area (Å²) in [6.45, 7) is 6.91. The van der Waals surface area contributed by atoms with Crippen LogP contribution < -0.4 is 4.74 Å². The Morgan fingerprint density at radius 2 is 1.90 bits per heavy atom.